The molecule has 1 aromatic rings. The van der Waals surface area contributed by atoms with Crippen LogP contribution in [0.15, 0.2) is 18.3 Å². The maximum Gasteiger partial charge on any atom is 0.0375 e. The minimum absolute atomic E-state index is 0.607. The van der Waals surface area contributed by atoms with Crippen LogP contribution in [-0.2, 0) is 0 Å². The molecule has 2 rings (SSSR count). The fourth-order valence-electron chi connectivity index (χ4n) is 2.70. The first kappa shape index (κ1) is 11.6. The molecule has 2 nitrogen and oxygen atoms in total. The number of pyridine rings is 1. The van der Waals surface area contributed by atoms with Crippen LogP contribution < -0.4 is 0 Å². The van der Waals surface area contributed by atoms with Gasteiger partial charge in [-0.25, -0.2) is 0 Å². The van der Waals surface area contributed by atoms with E-state index >= 15 is 0 Å². The predicted molar refractivity (Wildman–Crippen MR) is 67.4 cm³/mol. The zero-order chi connectivity index (χ0) is 11.5. The molecule has 0 N–H and O–H groups in total. The van der Waals surface area contributed by atoms with Gasteiger partial charge in [0.15, 0.2) is 0 Å². The van der Waals surface area contributed by atoms with E-state index in [1.54, 1.807) is 0 Å². The first-order valence-corrected chi connectivity index (χ1v) is 6.37. The van der Waals surface area contributed by atoms with Gasteiger partial charge in [0.1, 0.15) is 0 Å². The van der Waals surface area contributed by atoms with Crippen LogP contribution in [0.1, 0.15) is 50.4 Å². The molecule has 0 spiro atoms. The normalized spacial score (nSPS) is 22.6. The largest absolute Gasteiger partial charge is 0.294 e. The van der Waals surface area contributed by atoms with Crippen molar-refractivity contribution in [3.63, 3.8) is 0 Å². The summed E-state index contributed by atoms with van der Waals surface area (Å²) in [5.74, 6) is 0. The Morgan fingerprint density at radius 2 is 2.19 bits per heavy atom. The number of piperidine rings is 1. The van der Waals surface area contributed by atoms with Crippen molar-refractivity contribution in [3.05, 3.63) is 29.6 Å². The Morgan fingerprint density at radius 1 is 1.38 bits per heavy atom. The summed E-state index contributed by atoms with van der Waals surface area (Å²) < 4.78 is 0. The topological polar surface area (TPSA) is 16.1 Å². The van der Waals surface area contributed by atoms with Gasteiger partial charge in [-0.15, -0.1) is 0 Å². The number of hydrogen-bond acceptors (Lipinski definition) is 2. The molecule has 0 unspecified atom stereocenters. The van der Waals surface area contributed by atoms with Crippen LogP contribution in [0.3, 0.4) is 0 Å². The number of aromatic nitrogens is 1. The summed E-state index contributed by atoms with van der Waals surface area (Å²) in [4.78, 5) is 6.91. The van der Waals surface area contributed by atoms with Crippen molar-refractivity contribution >= 4 is 0 Å². The molecule has 0 radical (unpaired) electrons. The monoisotopic (exact) mass is 218 g/mol. The minimum atomic E-state index is 0.607. The van der Waals surface area contributed by atoms with Crippen molar-refractivity contribution in [1.29, 1.82) is 0 Å². The van der Waals surface area contributed by atoms with E-state index in [0.717, 1.165) is 5.69 Å². The second-order valence-electron chi connectivity index (χ2n) is 5.07. The van der Waals surface area contributed by atoms with E-state index in [-0.39, 0.29) is 0 Å². The first-order valence-electron chi connectivity index (χ1n) is 6.37. The molecule has 1 aliphatic rings. The lowest BCUT2D eigenvalue weighted by atomic mass is 9.94. The lowest BCUT2D eigenvalue weighted by Crippen LogP contribution is -2.38. The van der Waals surface area contributed by atoms with E-state index in [0.29, 0.717) is 12.1 Å². The van der Waals surface area contributed by atoms with E-state index in [2.05, 4.69) is 42.8 Å². The first-order chi connectivity index (χ1) is 7.68. The molecule has 16 heavy (non-hydrogen) atoms. The second-order valence-corrected chi connectivity index (χ2v) is 5.07. The average molecular weight is 218 g/mol. The van der Waals surface area contributed by atoms with Crippen LogP contribution in [0.4, 0.5) is 0 Å². The third kappa shape index (κ3) is 2.43. The van der Waals surface area contributed by atoms with E-state index in [1.807, 2.05) is 6.20 Å². The summed E-state index contributed by atoms with van der Waals surface area (Å²) in [7, 11) is 0. The molecule has 0 amide bonds. The summed E-state index contributed by atoms with van der Waals surface area (Å²) in [6.07, 6.45) is 5.94. The molecule has 0 aliphatic carbocycles. The van der Waals surface area contributed by atoms with Crippen LogP contribution in [-0.4, -0.2) is 22.5 Å². The molecule has 0 bridgehead atoms. The van der Waals surface area contributed by atoms with Gasteiger partial charge in [0.25, 0.3) is 0 Å². The Kier molecular flexibility index (Phi) is 3.59. The second kappa shape index (κ2) is 4.96. The van der Waals surface area contributed by atoms with Gasteiger partial charge in [0, 0.05) is 24.0 Å². The van der Waals surface area contributed by atoms with Gasteiger partial charge in [0.05, 0.1) is 0 Å². The van der Waals surface area contributed by atoms with Crippen LogP contribution in [0.25, 0.3) is 0 Å². The Labute approximate surface area is 98.7 Å². The number of aryl methyl sites for hydroxylation is 1. The van der Waals surface area contributed by atoms with Crippen molar-refractivity contribution in [3.8, 4) is 0 Å². The Bertz CT molecular complexity index is 346. The maximum atomic E-state index is 4.29. The van der Waals surface area contributed by atoms with Gasteiger partial charge in [-0.05, 0) is 57.9 Å². The summed E-state index contributed by atoms with van der Waals surface area (Å²) >= 11 is 0. The van der Waals surface area contributed by atoms with E-state index < -0.39 is 0 Å². The molecule has 1 fully saturated rings. The highest BCUT2D eigenvalue weighted by atomic mass is 15.2. The number of rotatable bonds is 2. The van der Waals surface area contributed by atoms with Crippen molar-refractivity contribution in [1.82, 2.24) is 9.88 Å². The van der Waals surface area contributed by atoms with E-state index in [1.165, 1.54) is 31.4 Å². The Hall–Kier alpha value is -0.890. The zero-order valence-electron chi connectivity index (χ0n) is 10.6. The fourth-order valence-corrected chi connectivity index (χ4v) is 2.70. The van der Waals surface area contributed by atoms with Crippen LogP contribution in [0.5, 0.6) is 0 Å². The van der Waals surface area contributed by atoms with Crippen molar-refractivity contribution in [2.24, 2.45) is 0 Å². The molecular weight excluding hydrogens is 196 g/mol. The molecule has 1 aliphatic heterocycles. The summed E-state index contributed by atoms with van der Waals surface area (Å²) in [6.45, 7) is 7.91. The Morgan fingerprint density at radius 3 is 2.88 bits per heavy atom. The highest BCUT2D eigenvalue weighted by Gasteiger charge is 2.25. The minimum Gasteiger partial charge on any atom is -0.294 e. The predicted octanol–water partition coefficient (Wildman–Crippen LogP) is 3.33. The molecule has 2 heteroatoms. The summed E-state index contributed by atoms with van der Waals surface area (Å²) in [5.41, 5.74) is 2.58. The summed E-state index contributed by atoms with van der Waals surface area (Å²) in [5, 5.41) is 0. The maximum absolute atomic E-state index is 4.29. The zero-order valence-corrected chi connectivity index (χ0v) is 10.6. The third-order valence-electron chi connectivity index (χ3n) is 3.51. The fraction of sp³-hybridized carbons (Fsp3) is 0.643. The number of nitrogens with zero attached hydrogens (tertiary/aromatic N) is 2. The molecule has 88 valence electrons. The molecule has 1 aromatic heterocycles. The van der Waals surface area contributed by atoms with Gasteiger partial charge < -0.3 is 0 Å². The van der Waals surface area contributed by atoms with Crippen molar-refractivity contribution in [2.75, 3.05) is 6.54 Å². The average Bonchev–Trinajstić information content (AvgIpc) is 2.29. The third-order valence-corrected chi connectivity index (χ3v) is 3.51. The molecule has 0 saturated carbocycles. The van der Waals surface area contributed by atoms with Crippen molar-refractivity contribution in [2.45, 2.75) is 52.1 Å². The molecular formula is C14H22N2. The number of likely N-dealkylation sites (tertiary alicyclic amines) is 1. The quantitative estimate of drug-likeness (QED) is 0.757. The van der Waals surface area contributed by atoms with Crippen molar-refractivity contribution < 1.29 is 0 Å². The smallest absolute Gasteiger partial charge is 0.0375 e. The van der Waals surface area contributed by atoms with Gasteiger partial charge in [-0.3, -0.25) is 9.88 Å². The number of hydrogen-bond donors (Lipinski definition) is 0. The van der Waals surface area contributed by atoms with Crippen LogP contribution >= 0.6 is 0 Å². The van der Waals surface area contributed by atoms with E-state index in [4.69, 9.17) is 0 Å². The molecule has 0 aromatic carbocycles. The van der Waals surface area contributed by atoms with Gasteiger partial charge in [0.2, 0.25) is 0 Å². The van der Waals surface area contributed by atoms with Crippen LogP contribution in [0.2, 0.25) is 0 Å². The summed E-state index contributed by atoms with van der Waals surface area (Å²) in [6, 6.07) is 5.67. The van der Waals surface area contributed by atoms with Gasteiger partial charge in [-0.1, -0.05) is 6.42 Å². The van der Waals surface area contributed by atoms with Gasteiger partial charge >= 0.3 is 0 Å². The van der Waals surface area contributed by atoms with E-state index in [9.17, 15) is 0 Å². The lowest BCUT2D eigenvalue weighted by Gasteiger charge is -2.39. The molecule has 1 saturated heterocycles. The standard InChI is InChI=1S/C14H22N2/c1-11(2)16-9-5-4-6-14(16)13-7-8-15-12(3)10-13/h7-8,10-11,14H,4-6,9H2,1-3H3/t14-/m1/s1. The highest BCUT2D eigenvalue weighted by Crippen LogP contribution is 2.32. The lowest BCUT2D eigenvalue weighted by molar-refractivity contribution is 0.112. The van der Waals surface area contributed by atoms with Crippen LogP contribution in [0, 0.1) is 6.92 Å². The SMILES string of the molecule is Cc1cc([C@H]2CCCCN2C(C)C)ccn1. The van der Waals surface area contributed by atoms with Gasteiger partial charge in [-0.2, -0.15) is 0 Å². The molecule has 1 atom stereocenters. The highest BCUT2D eigenvalue weighted by molar-refractivity contribution is 5.20. The Balaban J connectivity index is 2.23. The molecule has 2 heterocycles.